The van der Waals surface area contributed by atoms with Crippen molar-refractivity contribution in [3.63, 3.8) is 0 Å². The van der Waals surface area contributed by atoms with E-state index in [0.717, 1.165) is 23.1 Å². The summed E-state index contributed by atoms with van der Waals surface area (Å²) in [6.45, 7) is 4.42. The lowest BCUT2D eigenvalue weighted by Gasteiger charge is -2.07. The SMILES string of the molecule is CCC(C)CSCc1ccc(C(=O)O)cn1. The van der Waals surface area contributed by atoms with Gasteiger partial charge in [-0.3, -0.25) is 4.98 Å². The van der Waals surface area contributed by atoms with Crippen LogP contribution in [-0.2, 0) is 5.75 Å². The molecule has 1 aromatic rings. The van der Waals surface area contributed by atoms with Gasteiger partial charge in [0.25, 0.3) is 0 Å². The van der Waals surface area contributed by atoms with Crippen LogP contribution >= 0.6 is 11.8 Å². The Balaban J connectivity index is 2.40. The topological polar surface area (TPSA) is 50.2 Å². The van der Waals surface area contributed by atoms with Gasteiger partial charge in [0.1, 0.15) is 0 Å². The van der Waals surface area contributed by atoms with Crippen molar-refractivity contribution in [3.8, 4) is 0 Å². The van der Waals surface area contributed by atoms with E-state index in [4.69, 9.17) is 5.11 Å². The van der Waals surface area contributed by atoms with Gasteiger partial charge < -0.3 is 5.11 Å². The van der Waals surface area contributed by atoms with Crippen LogP contribution in [0.15, 0.2) is 18.3 Å². The van der Waals surface area contributed by atoms with E-state index in [2.05, 4.69) is 18.8 Å². The van der Waals surface area contributed by atoms with E-state index in [0.29, 0.717) is 0 Å². The minimum Gasteiger partial charge on any atom is -0.478 e. The van der Waals surface area contributed by atoms with Gasteiger partial charge in [0.05, 0.1) is 11.3 Å². The summed E-state index contributed by atoms with van der Waals surface area (Å²) in [5.74, 6) is 1.78. The molecule has 1 unspecified atom stereocenters. The van der Waals surface area contributed by atoms with Crippen LogP contribution in [-0.4, -0.2) is 21.8 Å². The number of hydrogen-bond donors (Lipinski definition) is 1. The molecule has 1 heterocycles. The van der Waals surface area contributed by atoms with Crippen LogP contribution in [0.25, 0.3) is 0 Å². The zero-order valence-electron chi connectivity index (χ0n) is 9.64. The maximum absolute atomic E-state index is 10.6. The Kier molecular flexibility index (Phi) is 5.32. The van der Waals surface area contributed by atoms with Crippen molar-refractivity contribution >= 4 is 17.7 Å². The number of carboxylic acid groups (broad SMARTS) is 1. The number of nitrogens with zero attached hydrogens (tertiary/aromatic N) is 1. The molecule has 0 saturated heterocycles. The van der Waals surface area contributed by atoms with E-state index >= 15 is 0 Å². The molecule has 88 valence electrons. The molecule has 0 fully saturated rings. The van der Waals surface area contributed by atoms with Gasteiger partial charge in [-0.05, 0) is 23.8 Å². The molecule has 1 atom stereocenters. The van der Waals surface area contributed by atoms with Crippen molar-refractivity contribution in [1.82, 2.24) is 4.98 Å². The van der Waals surface area contributed by atoms with Crippen LogP contribution < -0.4 is 0 Å². The number of rotatable bonds is 6. The number of aromatic carboxylic acids is 1. The second-order valence-corrected chi connectivity index (χ2v) is 4.90. The Labute approximate surface area is 100 Å². The van der Waals surface area contributed by atoms with E-state index in [1.807, 2.05) is 11.8 Å². The molecule has 0 bridgehead atoms. The maximum Gasteiger partial charge on any atom is 0.337 e. The molecule has 16 heavy (non-hydrogen) atoms. The van der Waals surface area contributed by atoms with Crippen LogP contribution in [0.2, 0.25) is 0 Å². The summed E-state index contributed by atoms with van der Waals surface area (Å²) in [5.41, 5.74) is 1.19. The molecule has 3 nitrogen and oxygen atoms in total. The smallest absolute Gasteiger partial charge is 0.337 e. The first kappa shape index (κ1) is 13.0. The monoisotopic (exact) mass is 239 g/mol. The Bertz CT molecular complexity index is 337. The maximum atomic E-state index is 10.6. The number of thioether (sulfide) groups is 1. The summed E-state index contributed by atoms with van der Waals surface area (Å²) in [5, 5.41) is 8.71. The zero-order valence-corrected chi connectivity index (χ0v) is 10.5. The second kappa shape index (κ2) is 6.53. The van der Waals surface area contributed by atoms with Crippen molar-refractivity contribution in [1.29, 1.82) is 0 Å². The third kappa shape index (κ3) is 4.23. The van der Waals surface area contributed by atoms with Gasteiger partial charge in [0, 0.05) is 11.9 Å². The molecule has 0 saturated carbocycles. The van der Waals surface area contributed by atoms with Gasteiger partial charge in [-0.25, -0.2) is 4.79 Å². The van der Waals surface area contributed by atoms with Crippen LogP contribution in [0.4, 0.5) is 0 Å². The average molecular weight is 239 g/mol. The first-order valence-electron chi connectivity index (χ1n) is 5.39. The first-order valence-corrected chi connectivity index (χ1v) is 6.55. The summed E-state index contributed by atoms with van der Waals surface area (Å²) >= 11 is 1.84. The van der Waals surface area contributed by atoms with Crippen LogP contribution in [0.3, 0.4) is 0 Å². The number of hydrogen-bond acceptors (Lipinski definition) is 3. The van der Waals surface area contributed by atoms with Gasteiger partial charge in [-0.15, -0.1) is 0 Å². The van der Waals surface area contributed by atoms with Gasteiger partial charge >= 0.3 is 5.97 Å². The second-order valence-electron chi connectivity index (χ2n) is 3.87. The van der Waals surface area contributed by atoms with Gasteiger partial charge in [0.15, 0.2) is 0 Å². The largest absolute Gasteiger partial charge is 0.478 e. The molecule has 1 N–H and O–H groups in total. The normalized spacial score (nSPS) is 12.4. The Hall–Kier alpha value is -1.03. The molecule has 0 aliphatic heterocycles. The molecule has 1 rings (SSSR count). The van der Waals surface area contributed by atoms with Crippen molar-refractivity contribution < 1.29 is 9.90 Å². The molecule has 0 amide bonds. The van der Waals surface area contributed by atoms with Gasteiger partial charge in [0.2, 0.25) is 0 Å². The molecular formula is C12H17NO2S. The molecule has 0 radical (unpaired) electrons. The van der Waals surface area contributed by atoms with E-state index in [1.165, 1.54) is 12.6 Å². The Morgan fingerprint density at radius 2 is 2.31 bits per heavy atom. The minimum absolute atomic E-state index is 0.246. The van der Waals surface area contributed by atoms with Crippen molar-refractivity contribution in [2.75, 3.05) is 5.75 Å². The molecule has 0 aliphatic carbocycles. The highest BCUT2D eigenvalue weighted by molar-refractivity contribution is 7.98. The first-order chi connectivity index (χ1) is 7.63. The fourth-order valence-corrected chi connectivity index (χ4v) is 2.25. The van der Waals surface area contributed by atoms with Crippen LogP contribution in [0.5, 0.6) is 0 Å². The highest BCUT2D eigenvalue weighted by Gasteiger charge is 2.04. The lowest BCUT2D eigenvalue weighted by atomic mass is 10.2. The summed E-state index contributed by atoms with van der Waals surface area (Å²) in [6, 6.07) is 3.39. The molecule has 0 aromatic carbocycles. The standard InChI is InChI=1S/C12H17NO2S/c1-3-9(2)7-16-8-11-5-4-10(6-13-11)12(14)15/h4-6,9H,3,7-8H2,1-2H3,(H,14,15). The predicted octanol–water partition coefficient (Wildman–Crippen LogP) is 3.06. The molecule has 0 spiro atoms. The summed E-state index contributed by atoms with van der Waals surface area (Å²) in [7, 11) is 0. The van der Waals surface area contributed by atoms with E-state index in [9.17, 15) is 4.79 Å². The lowest BCUT2D eigenvalue weighted by molar-refractivity contribution is 0.0696. The highest BCUT2D eigenvalue weighted by Crippen LogP contribution is 2.15. The van der Waals surface area contributed by atoms with Crippen LogP contribution in [0, 0.1) is 5.92 Å². The van der Waals surface area contributed by atoms with Gasteiger partial charge in [-0.2, -0.15) is 11.8 Å². The molecule has 0 aliphatic rings. The van der Waals surface area contributed by atoms with Crippen molar-refractivity contribution in [2.24, 2.45) is 5.92 Å². The fourth-order valence-electron chi connectivity index (χ4n) is 1.12. The highest BCUT2D eigenvalue weighted by atomic mass is 32.2. The van der Waals surface area contributed by atoms with Gasteiger partial charge in [-0.1, -0.05) is 20.3 Å². The average Bonchev–Trinajstić information content (AvgIpc) is 2.29. The number of carboxylic acids is 1. The zero-order chi connectivity index (χ0) is 12.0. The lowest BCUT2D eigenvalue weighted by Crippen LogP contribution is -1.99. The van der Waals surface area contributed by atoms with E-state index < -0.39 is 5.97 Å². The molecule has 1 aromatic heterocycles. The minimum atomic E-state index is -0.925. The number of carbonyl (C=O) groups is 1. The number of pyridine rings is 1. The third-order valence-corrected chi connectivity index (χ3v) is 3.73. The predicted molar refractivity (Wildman–Crippen MR) is 66.8 cm³/mol. The fraction of sp³-hybridized carbons (Fsp3) is 0.500. The van der Waals surface area contributed by atoms with Crippen LogP contribution in [0.1, 0.15) is 36.3 Å². The van der Waals surface area contributed by atoms with E-state index in [1.54, 1.807) is 12.1 Å². The quantitative estimate of drug-likeness (QED) is 0.829. The molecular weight excluding hydrogens is 222 g/mol. The van der Waals surface area contributed by atoms with E-state index in [-0.39, 0.29) is 5.56 Å². The summed E-state index contributed by atoms with van der Waals surface area (Å²) < 4.78 is 0. The van der Waals surface area contributed by atoms with Crippen molar-refractivity contribution in [2.45, 2.75) is 26.0 Å². The number of aromatic nitrogens is 1. The Morgan fingerprint density at radius 3 is 2.81 bits per heavy atom. The molecule has 4 heteroatoms. The summed E-state index contributed by atoms with van der Waals surface area (Å²) in [6.07, 6.45) is 2.61. The Morgan fingerprint density at radius 1 is 1.56 bits per heavy atom. The third-order valence-electron chi connectivity index (χ3n) is 2.42. The van der Waals surface area contributed by atoms with Crippen molar-refractivity contribution in [3.05, 3.63) is 29.6 Å². The summed E-state index contributed by atoms with van der Waals surface area (Å²) in [4.78, 5) is 14.7.